The monoisotopic (exact) mass is 301 g/mol. The fourth-order valence-corrected chi connectivity index (χ4v) is 2.30. The number of nitrogens with zero attached hydrogens (tertiary/aromatic N) is 3. The summed E-state index contributed by atoms with van der Waals surface area (Å²) < 4.78 is 5.09. The maximum absolute atomic E-state index is 11.2. The quantitative estimate of drug-likeness (QED) is 0.419. The van der Waals surface area contributed by atoms with Gasteiger partial charge in [-0.25, -0.2) is 4.98 Å². The lowest BCUT2D eigenvalue weighted by Gasteiger charge is -2.31. The minimum absolute atomic E-state index is 0.0302. The molecule has 1 aromatic heterocycles. The molecule has 0 amide bonds. The molecule has 0 saturated carbocycles. The van der Waals surface area contributed by atoms with E-state index < -0.39 is 4.92 Å². The lowest BCUT2D eigenvalue weighted by molar-refractivity contribution is -0.384. The summed E-state index contributed by atoms with van der Waals surface area (Å²) in [5.41, 5.74) is -0.0302. The van der Waals surface area contributed by atoms with Crippen LogP contribution in [-0.4, -0.2) is 36.2 Å². The first-order chi connectivity index (χ1) is 9.54. The molecule has 0 aliphatic carbocycles. The molecule has 7 heteroatoms. The Kier molecular flexibility index (Phi) is 6.67. The number of aromatic nitrogens is 1. The third-order valence-corrected chi connectivity index (χ3v) is 3.42. The van der Waals surface area contributed by atoms with Crippen LogP contribution >= 0.6 is 11.6 Å². The van der Waals surface area contributed by atoms with E-state index in [0.29, 0.717) is 19.0 Å². The summed E-state index contributed by atoms with van der Waals surface area (Å²) in [6.07, 6.45) is 1.73. The van der Waals surface area contributed by atoms with Gasteiger partial charge >= 0.3 is 5.69 Å². The number of ether oxygens (including phenoxy) is 1. The lowest BCUT2D eigenvalue weighted by atomic mass is 10.1. The van der Waals surface area contributed by atoms with Crippen LogP contribution in [0.5, 0.6) is 0 Å². The summed E-state index contributed by atoms with van der Waals surface area (Å²) >= 11 is 5.90. The Morgan fingerprint density at radius 3 is 2.60 bits per heavy atom. The zero-order chi connectivity index (χ0) is 15.1. The summed E-state index contributed by atoms with van der Waals surface area (Å²) in [5, 5.41) is 11.4. The van der Waals surface area contributed by atoms with E-state index in [-0.39, 0.29) is 16.9 Å². The van der Waals surface area contributed by atoms with Crippen LogP contribution < -0.4 is 4.90 Å². The van der Waals surface area contributed by atoms with Gasteiger partial charge in [0.25, 0.3) is 0 Å². The van der Waals surface area contributed by atoms with E-state index >= 15 is 0 Å². The first-order valence-corrected chi connectivity index (χ1v) is 6.99. The van der Waals surface area contributed by atoms with Gasteiger partial charge in [0.1, 0.15) is 5.15 Å². The number of rotatable bonds is 8. The molecule has 0 aliphatic heterocycles. The van der Waals surface area contributed by atoms with E-state index in [2.05, 4.69) is 4.98 Å². The molecular weight excluding hydrogens is 282 g/mol. The Hall–Kier alpha value is -1.40. The maximum atomic E-state index is 11.2. The van der Waals surface area contributed by atoms with Gasteiger partial charge in [-0.1, -0.05) is 25.4 Å². The normalized spacial score (nSPS) is 10.8. The molecule has 0 spiro atoms. The van der Waals surface area contributed by atoms with Crippen LogP contribution in [0, 0.1) is 10.1 Å². The first-order valence-electron chi connectivity index (χ1n) is 6.61. The lowest BCUT2D eigenvalue weighted by Crippen LogP contribution is -2.38. The molecule has 0 unspecified atom stereocenters. The molecule has 0 saturated heterocycles. The molecule has 0 N–H and O–H groups in total. The van der Waals surface area contributed by atoms with Crippen molar-refractivity contribution in [3.8, 4) is 0 Å². The second kappa shape index (κ2) is 8.01. The Balaban J connectivity index is 3.23. The van der Waals surface area contributed by atoms with E-state index in [0.717, 1.165) is 12.8 Å². The van der Waals surface area contributed by atoms with Crippen molar-refractivity contribution >= 4 is 23.1 Å². The van der Waals surface area contributed by atoms with Gasteiger partial charge in [-0.05, 0) is 18.9 Å². The van der Waals surface area contributed by atoms with E-state index in [1.807, 2.05) is 18.7 Å². The zero-order valence-corrected chi connectivity index (χ0v) is 12.8. The van der Waals surface area contributed by atoms with E-state index in [4.69, 9.17) is 16.3 Å². The van der Waals surface area contributed by atoms with Gasteiger partial charge in [0.15, 0.2) is 0 Å². The van der Waals surface area contributed by atoms with Crippen LogP contribution in [-0.2, 0) is 4.74 Å². The summed E-state index contributed by atoms with van der Waals surface area (Å²) in [5.74, 6) is 0.313. The number of anilines is 1. The van der Waals surface area contributed by atoms with Crippen molar-refractivity contribution in [3.05, 3.63) is 27.4 Å². The predicted molar refractivity (Wildman–Crippen MR) is 79.5 cm³/mol. The van der Waals surface area contributed by atoms with Crippen LogP contribution in [0.3, 0.4) is 0 Å². The highest BCUT2D eigenvalue weighted by Crippen LogP contribution is 2.30. The average Bonchev–Trinajstić information content (AvgIpc) is 2.43. The molecule has 1 rings (SSSR count). The van der Waals surface area contributed by atoms with Crippen molar-refractivity contribution in [3.63, 3.8) is 0 Å². The minimum Gasteiger partial charge on any atom is -0.383 e. The second-order valence-electron chi connectivity index (χ2n) is 4.39. The van der Waals surface area contributed by atoms with Crippen molar-refractivity contribution in [2.45, 2.75) is 32.7 Å². The minimum atomic E-state index is -0.430. The first kappa shape index (κ1) is 16.7. The number of methoxy groups -OCH3 is 1. The van der Waals surface area contributed by atoms with Gasteiger partial charge in [0.2, 0.25) is 5.82 Å². The van der Waals surface area contributed by atoms with Gasteiger partial charge in [-0.2, -0.15) is 0 Å². The third kappa shape index (κ3) is 4.05. The van der Waals surface area contributed by atoms with E-state index in [1.165, 1.54) is 12.1 Å². The number of halogens is 1. The highest BCUT2D eigenvalue weighted by Gasteiger charge is 2.25. The van der Waals surface area contributed by atoms with Gasteiger partial charge in [-0.15, -0.1) is 0 Å². The van der Waals surface area contributed by atoms with Crippen molar-refractivity contribution < 1.29 is 9.66 Å². The molecule has 1 aromatic rings. The molecular formula is C13H20ClN3O3. The molecule has 0 bridgehead atoms. The molecule has 1 heterocycles. The third-order valence-electron chi connectivity index (χ3n) is 3.21. The topological polar surface area (TPSA) is 68.5 Å². The Bertz CT molecular complexity index is 452. The molecule has 0 aliphatic rings. The zero-order valence-electron chi connectivity index (χ0n) is 12.0. The van der Waals surface area contributed by atoms with Crippen LogP contribution in [0.4, 0.5) is 11.5 Å². The largest absolute Gasteiger partial charge is 0.383 e. The van der Waals surface area contributed by atoms with Crippen LogP contribution in [0.1, 0.15) is 26.7 Å². The van der Waals surface area contributed by atoms with Gasteiger partial charge in [0.05, 0.1) is 11.5 Å². The number of pyridine rings is 1. The SMILES string of the molecule is CCC(CC)N(CCOC)c1nc(Cl)ccc1[N+](=O)[O-]. The predicted octanol–water partition coefficient (Wildman–Crippen LogP) is 3.28. The van der Waals surface area contributed by atoms with E-state index in [9.17, 15) is 10.1 Å². The standard InChI is InChI=1S/C13H20ClN3O3/c1-4-10(5-2)16(8-9-20-3)13-11(17(18)19)6-7-12(14)15-13/h6-7,10H,4-5,8-9H2,1-3H3. The smallest absolute Gasteiger partial charge is 0.311 e. The molecule has 0 aromatic carbocycles. The fourth-order valence-electron chi connectivity index (χ4n) is 2.15. The second-order valence-corrected chi connectivity index (χ2v) is 4.78. The summed E-state index contributed by atoms with van der Waals surface area (Å²) in [6, 6.07) is 2.99. The Labute approximate surface area is 123 Å². The van der Waals surface area contributed by atoms with Crippen LogP contribution in [0.15, 0.2) is 12.1 Å². The molecule has 0 radical (unpaired) electrons. The van der Waals surface area contributed by atoms with Gasteiger partial charge < -0.3 is 9.64 Å². The van der Waals surface area contributed by atoms with Crippen LogP contribution in [0.2, 0.25) is 5.15 Å². The number of hydrogen-bond donors (Lipinski definition) is 0. The molecule has 6 nitrogen and oxygen atoms in total. The van der Waals surface area contributed by atoms with Crippen molar-refractivity contribution in [1.82, 2.24) is 4.98 Å². The van der Waals surface area contributed by atoms with Crippen molar-refractivity contribution in [2.75, 3.05) is 25.2 Å². The van der Waals surface area contributed by atoms with Crippen molar-refractivity contribution in [2.24, 2.45) is 0 Å². The number of hydrogen-bond acceptors (Lipinski definition) is 5. The highest BCUT2D eigenvalue weighted by atomic mass is 35.5. The molecule has 0 fully saturated rings. The highest BCUT2D eigenvalue weighted by molar-refractivity contribution is 6.29. The summed E-state index contributed by atoms with van der Waals surface area (Å²) in [4.78, 5) is 16.8. The van der Waals surface area contributed by atoms with Crippen molar-refractivity contribution in [1.29, 1.82) is 0 Å². The van der Waals surface area contributed by atoms with Crippen LogP contribution in [0.25, 0.3) is 0 Å². The fraction of sp³-hybridized carbons (Fsp3) is 0.615. The molecule has 112 valence electrons. The average molecular weight is 302 g/mol. The van der Waals surface area contributed by atoms with Gasteiger partial charge in [0, 0.05) is 25.8 Å². The van der Waals surface area contributed by atoms with E-state index in [1.54, 1.807) is 7.11 Å². The summed E-state index contributed by atoms with van der Waals surface area (Å²) in [7, 11) is 1.60. The summed E-state index contributed by atoms with van der Waals surface area (Å²) in [6.45, 7) is 5.10. The maximum Gasteiger partial charge on any atom is 0.311 e. The number of nitro groups is 1. The molecule has 0 atom stereocenters. The van der Waals surface area contributed by atoms with Gasteiger partial charge in [-0.3, -0.25) is 10.1 Å². The Morgan fingerprint density at radius 2 is 2.10 bits per heavy atom. The Morgan fingerprint density at radius 1 is 1.45 bits per heavy atom. The molecule has 20 heavy (non-hydrogen) atoms.